The largest absolute Gasteiger partial charge is 0.312 e. The van der Waals surface area contributed by atoms with Crippen LogP contribution in [0.2, 0.25) is 0 Å². The lowest BCUT2D eigenvalue weighted by Gasteiger charge is -2.03. The second kappa shape index (κ2) is 4.38. The van der Waals surface area contributed by atoms with E-state index in [1.807, 2.05) is 24.3 Å². The van der Waals surface area contributed by atoms with Crippen LogP contribution in [0.25, 0.3) is 11.0 Å². The first-order chi connectivity index (χ1) is 8.74. The molecular formula is C12H9BrN4O. The van der Waals surface area contributed by atoms with Gasteiger partial charge in [-0.15, -0.1) is 0 Å². The molecule has 0 aliphatic rings. The molecule has 2 heterocycles. The van der Waals surface area contributed by atoms with Crippen LogP contribution in [0.3, 0.4) is 0 Å². The Morgan fingerprint density at radius 3 is 2.94 bits per heavy atom. The van der Waals surface area contributed by atoms with Crippen LogP contribution in [0, 0.1) is 0 Å². The zero-order valence-electron chi connectivity index (χ0n) is 9.30. The fourth-order valence-electron chi connectivity index (χ4n) is 1.78. The highest BCUT2D eigenvalue weighted by molar-refractivity contribution is 9.10. The van der Waals surface area contributed by atoms with Crippen LogP contribution in [0.5, 0.6) is 0 Å². The third-order valence-electron chi connectivity index (χ3n) is 2.66. The highest BCUT2D eigenvalue weighted by Gasteiger charge is 2.06. The van der Waals surface area contributed by atoms with Gasteiger partial charge in [0.15, 0.2) is 5.65 Å². The second-order valence-electron chi connectivity index (χ2n) is 3.89. The Balaban J connectivity index is 2.04. The molecule has 0 unspecified atom stereocenters. The molecular weight excluding hydrogens is 296 g/mol. The lowest BCUT2D eigenvalue weighted by molar-refractivity contribution is 0.691. The molecule has 0 bridgehead atoms. The molecule has 0 spiro atoms. The average Bonchev–Trinajstić information content (AvgIpc) is 2.76. The summed E-state index contributed by atoms with van der Waals surface area (Å²) >= 11 is 3.49. The number of nitrogens with one attached hydrogen (secondary N) is 1. The molecule has 1 N–H and O–H groups in total. The Morgan fingerprint density at radius 1 is 1.33 bits per heavy atom. The smallest absolute Gasteiger partial charge is 0.261 e. The average molecular weight is 305 g/mol. The van der Waals surface area contributed by atoms with Gasteiger partial charge in [-0.05, 0) is 11.6 Å². The van der Waals surface area contributed by atoms with Crippen molar-refractivity contribution in [1.29, 1.82) is 0 Å². The minimum atomic E-state index is -0.168. The summed E-state index contributed by atoms with van der Waals surface area (Å²) in [6.45, 7) is 0.594. The number of nitrogens with zero attached hydrogens (tertiary/aromatic N) is 3. The van der Waals surface area contributed by atoms with E-state index < -0.39 is 0 Å². The predicted octanol–water partition coefficient (Wildman–Crippen LogP) is 1.93. The van der Waals surface area contributed by atoms with Gasteiger partial charge in [-0.2, -0.15) is 5.10 Å². The van der Waals surface area contributed by atoms with E-state index in [2.05, 4.69) is 31.0 Å². The first-order valence-corrected chi connectivity index (χ1v) is 6.17. The molecule has 0 amide bonds. The van der Waals surface area contributed by atoms with E-state index in [-0.39, 0.29) is 5.56 Å². The number of fused-ring (bicyclic) bond motifs is 1. The molecule has 0 saturated heterocycles. The van der Waals surface area contributed by atoms with Crippen LogP contribution in [0.15, 0.2) is 46.1 Å². The van der Waals surface area contributed by atoms with E-state index in [0.29, 0.717) is 17.6 Å². The van der Waals surface area contributed by atoms with Crippen LogP contribution in [-0.4, -0.2) is 19.7 Å². The maximum Gasteiger partial charge on any atom is 0.261 e. The molecule has 1 aromatic carbocycles. The molecule has 0 saturated carbocycles. The Kier molecular flexibility index (Phi) is 2.71. The summed E-state index contributed by atoms with van der Waals surface area (Å²) in [6.07, 6.45) is 3.07. The summed E-state index contributed by atoms with van der Waals surface area (Å²) in [5.41, 5.74) is 1.39. The number of rotatable bonds is 2. The minimum absolute atomic E-state index is 0.168. The van der Waals surface area contributed by atoms with Crippen molar-refractivity contribution in [2.24, 2.45) is 0 Å². The SMILES string of the molecule is O=c1[nH]cnc2nn(Cc3ccccc3Br)cc12. The van der Waals surface area contributed by atoms with Crippen molar-refractivity contribution in [2.75, 3.05) is 0 Å². The van der Waals surface area contributed by atoms with Crippen molar-refractivity contribution >= 4 is 27.0 Å². The van der Waals surface area contributed by atoms with E-state index in [9.17, 15) is 4.79 Å². The van der Waals surface area contributed by atoms with Crippen LogP contribution in [0.1, 0.15) is 5.56 Å². The number of aromatic amines is 1. The predicted molar refractivity (Wildman–Crippen MR) is 71.4 cm³/mol. The van der Waals surface area contributed by atoms with Crippen molar-refractivity contribution < 1.29 is 0 Å². The van der Waals surface area contributed by atoms with Gasteiger partial charge in [0, 0.05) is 10.7 Å². The van der Waals surface area contributed by atoms with Gasteiger partial charge >= 0.3 is 0 Å². The molecule has 0 fully saturated rings. The number of benzene rings is 1. The summed E-state index contributed by atoms with van der Waals surface area (Å²) in [7, 11) is 0. The van der Waals surface area contributed by atoms with E-state index in [0.717, 1.165) is 10.0 Å². The van der Waals surface area contributed by atoms with Gasteiger partial charge in [0.05, 0.1) is 12.9 Å². The maximum absolute atomic E-state index is 11.6. The van der Waals surface area contributed by atoms with Crippen LogP contribution in [0.4, 0.5) is 0 Å². The van der Waals surface area contributed by atoms with Crippen LogP contribution < -0.4 is 5.56 Å². The fourth-order valence-corrected chi connectivity index (χ4v) is 2.19. The van der Waals surface area contributed by atoms with Gasteiger partial charge in [0.1, 0.15) is 5.39 Å². The Labute approximate surface area is 111 Å². The van der Waals surface area contributed by atoms with Crippen molar-refractivity contribution in [1.82, 2.24) is 19.7 Å². The molecule has 0 atom stereocenters. The summed E-state index contributed by atoms with van der Waals surface area (Å²) < 4.78 is 2.74. The normalized spacial score (nSPS) is 10.9. The molecule has 6 heteroatoms. The number of halogens is 1. The van der Waals surface area contributed by atoms with Crippen molar-refractivity contribution in [3.05, 3.63) is 57.2 Å². The highest BCUT2D eigenvalue weighted by Crippen LogP contribution is 2.17. The molecule has 3 rings (SSSR count). The first kappa shape index (κ1) is 11.2. The van der Waals surface area contributed by atoms with Crippen molar-refractivity contribution in [3.8, 4) is 0 Å². The quantitative estimate of drug-likeness (QED) is 0.787. The van der Waals surface area contributed by atoms with Crippen LogP contribution >= 0.6 is 15.9 Å². The van der Waals surface area contributed by atoms with E-state index >= 15 is 0 Å². The third kappa shape index (κ3) is 1.95. The van der Waals surface area contributed by atoms with E-state index in [1.54, 1.807) is 10.9 Å². The monoisotopic (exact) mass is 304 g/mol. The zero-order valence-corrected chi connectivity index (χ0v) is 10.9. The van der Waals surface area contributed by atoms with E-state index in [4.69, 9.17) is 0 Å². The number of hydrogen-bond acceptors (Lipinski definition) is 3. The van der Waals surface area contributed by atoms with Gasteiger partial charge in [0.25, 0.3) is 5.56 Å². The summed E-state index contributed by atoms with van der Waals surface area (Å²) in [6, 6.07) is 7.91. The molecule has 90 valence electrons. The molecule has 2 aromatic heterocycles. The minimum Gasteiger partial charge on any atom is -0.312 e. The Morgan fingerprint density at radius 2 is 2.17 bits per heavy atom. The Hall–Kier alpha value is -1.95. The van der Waals surface area contributed by atoms with Gasteiger partial charge in [-0.25, -0.2) is 4.98 Å². The van der Waals surface area contributed by atoms with Gasteiger partial charge in [-0.3, -0.25) is 9.48 Å². The number of H-pyrrole nitrogens is 1. The maximum atomic E-state index is 11.6. The third-order valence-corrected chi connectivity index (χ3v) is 3.43. The van der Waals surface area contributed by atoms with Gasteiger partial charge in [0.2, 0.25) is 0 Å². The fraction of sp³-hybridized carbons (Fsp3) is 0.0833. The Bertz CT molecular complexity index is 762. The summed E-state index contributed by atoms with van der Waals surface area (Å²) in [4.78, 5) is 18.1. The standard InChI is InChI=1S/C12H9BrN4O/c13-10-4-2-1-3-8(10)5-17-6-9-11(16-17)14-7-15-12(9)18/h1-4,6-7H,5H2,(H,14,15,16,18). The highest BCUT2D eigenvalue weighted by atomic mass is 79.9. The van der Waals surface area contributed by atoms with Crippen molar-refractivity contribution in [2.45, 2.75) is 6.54 Å². The van der Waals surface area contributed by atoms with Gasteiger partial charge in [-0.1, -0.05) is 34.1 Å². The molecule has 0 aliphatic heterocycles. The lowest BCUT2D eigenvalue weighted by atomic mass is 10.2. The topological polar surface area (TPSA) is 63.6 Å². The molecule has 0 radical (unpaired) electrons. The number of hydrogen-bond donors (Lipinski definition) is 1. The van der Waals surface area contributed by atoms with Gasteiger partial charge < -0.3 is 4.98 Å². The molecule has 18 heavy (non-hydrogen) atoms. The first-order valence-electron chi connectivity index (χ1n) is 5.38. The van der Waals surface area contributed by atoms with E-state index in [1.165, 1.54) is 6.33 Å². The summed E-state index contributed by atoms with van der Waals surface area (Å²) in [5.74, 6) is 0. The van der Waals surface area contributed by atoms with Crippen LogP contribution in [-0.2, 0) is 6.54 Å². The van der Waals surface area contributed by atoms with Crippen molar-refractivity contribution in [3.63, 3.8) is 0 Å². The molecule has 3 aromatic rings. The molecule has 0 aliphatic carbocycles. The number of aromatic nitrogens is 4. The lowest BCUT2D eigenvalue weighted by Crippen LogP contribution is -2.04. The molecule has 5 nitrogen and oxygen atoms in total. The zero-order chi connectivity index (χ0) is 12.5. The second-order valence-corrected chi connectivity index (χ2v) is 4.74. The summed E-state index contributed by atoms with van der Waals surface area (Å²) in [5, 5.41) is 4.78.